The van der Waals surface area contributed by atoms with Gasteiger partial charge in [0.05, 0.1) is 11.7 Å². The highest BCUT2D eigenvalue weighted by atomic mass is 35.5. The lowest BCUT2D eigenvalue weighted by Gasteiger charge is -2.01. The van der Waals surface area contributed by atoms with E-state index >= 15 is 0 Å². The van der Waals surface area contributed by atoms with Gasteiger partial charge in [0.25, 0.3) is 0 Å². The summed E-state index contributed by atoms with van der Waals surface area (Å²) in [6, 6.07) is 19.4. The monoisotopic (exact) mass is 281 g/mol. The van der Waals surface area contributed by atoms with E-state index < -0.39 is 0 Å². The first kappa shape index (κ1) is 12.6. The molecule has 0 aliphatic rings. The number of aromatic nitrogens is 1. The third-order valence-electron chi connectivity index (χ3n) is 2.84. The van der Waals surface area contributed by atoms with E-state index in [0.29, 0.717) is 10.8 Å². The molecule has 0 atom stereocenters. The van der Waals surface area contributed by atoms with Crippen molar-refractivity contribution < 1.29 is 0 Å². The summed E-state index contributed by atoms with van der Waals surface area (Å²) in [5, 5.41) is 5.96. The quantitative estimate of drug-likeness (QED) is 0.573. The number of hydrazone groups is 1. The fourth-order valence-corrected chi connectivity index (χ4v) is 2.09. The second-order valence-corrected chi connectivity index (χ2v) is 4.75. The van der Waals surface area contributed by atoms with Crippen molar-refractivity contribution in [3.8, 4) is 0 Å². The number of hydrogen-bond acceptors (Lipinski definition) is 3. The van der Waals surface area contributed by atoms with Crippen molar-refractivity contribution in [3.05, 3.63) is 71.2 Å². The summed E-state index contributed by atoms with van der Waals surface area (Å²) in [5.41, 5.74) is 4.80. The average molecular weight is 282 g/mol. The predicted molar refractivity (Wildman–Crippen MR) is 84.4 cm³/mol. The summed E-state index contributed by atoms with van der Waals surface area (Å²) >= 11 is 5.91. The minimum atomic E-state index is 0.692. The van der Waals surface area contributed by atoms with Gasteiger partial charge in [-0.3, -0.25) is 5.43 Å². The molecule has 0 bridgehead atoms. The molecule has 0 saturated carbocycles. The predicted octanol–water partition coefficient (Wildman–Crippen LogP) is 4.33. The maximum absolute atomic E-state index is 5.91. The van der Waals surface area contributed by atoms with Crippen LogP contribution in [0, 0.1) is 0 Å². The molecular formula is C16H12ClN3. The topological polar surface area (TPSA) is 37.3 Å². The van der Waals surface area contributed by atoms with Gasteiger partial charge in [-0.25, -0.2) is 4.98 Å². The zero-order valence-electron chi connectivity index (χ0n) is 10.6. The van der Waals surface area contributed by atoms with Crippen molar-refractivity contribution in [2.75, 3.05) is 5.43 Å². The average Bonchev–Trinajstić information content (AvgIpc) is 2.47. The molecule has 20 heavy (non-hydrogen) atoms. The third kappa shape index (κ3) is 2.95. The standard InChI is InChI=1S/C16H12ClN3/c17-14-6-3-4-12(10-14)11-18-20-16-9-8-13-5-1-2-7-15(13)19-16/h1-11H,(H,19,20)/b18-11+. The van der Waals surface area contributed by atoms with Crippen LogP contribution in [0.5, 0.6) is 0 Å². The Hall–Kier alpha value is -2.39. The van der Waals surface area contributed by atoms with Crippen LogP contribution in [0.25, 0.3) is 10.9 Å². The van der Waals surface area contributed by atoms with Crippen molar-refractivity contribution in [3.63, 3.8) is 0 Å². The molecule has 0 radical (unpaired) electrons. The molecule has 0 unspecified atom stereocenters. The number of pyridine rings is 1. The largest absolute Gasteiger partial charge is 0.261 e. The lowest BCUT2D eigenvalue weighted by atomic mass is 10.2. The van der Waals surface area contributed by atoms with Crippen molar-refractivity contribution in [2.24, 2.45) is 5.10 Å². The first-order chi connectivity index (χ1) is 9.81. The summed E-state index contributed by atoms with van der Waals surface area (Å²) in [6.45, 7) is 0. The van der Waals surface area contributed by atoms with Crippen molar-refractivity contribution in [2.45, 2.75) is 0 Å². The van der Waals surface area contributed by atoms with Gasteiger partial charge in [0.2, 0.25) is 0 Å². The SMILES string of the molecule is Clc1cccc(/C=N/Nc2ccc3ccccc3n2)c1. The lowest BCUT2D eigenvalue weighted by Crippen LogP contribution is -1.93. The normalized spacial score (nSPS) is 11.1. The molecule has 98 valence electrons. The van der Waals surface area contributed by atoms with E-state index in [0.717, 1.165) is 16.5 Å². The number of anilines is 1. The van der Waals surface area contributed by atoms with E-state index in [1.165, 1.54) is 0 Å². The summed E-state index contributed by atoms with van der Waals surface area (Å²) in [7, 11) is 0. The van der Waals surface area contributed by atoms with E-state index in [9.17, 15) is 0 Å². The Morgan fingerprint density at radius 3 is 2.80 bits per heavy atom. The number of nitrogens with zero attached hydrogens (tertiary/aromatic N) is 2. The number of benzene rings is 2. The third-order valence-corrected chi connectivity index (χ3v) is 3.07. The van der Waals surface area contributed by atoms with Crippen LogP contribution in [0.2, 0.25) is 5.02 Å². The van der Waals surface area contributed by atoms with Crippen molar-refractivity contribution in [1.29, 1.82) is 0 Å². The molecule has 0 spiro atoms. The molecule has 4 heteroatoms. The number of fused-ring (bicyclic) bond motifs is 1. The molecular weight excluding hydrogens is 270 g/mol. The molecule has 1 N–H and O–H groups in total. The van der Waals surface area contributed by atoms with Crippen LogP contribution in [-0.4, -0.2) is 11.2 Å². The summed E-state index contributed by atoms with van der Waals surface area (Å²) < 4.78 is 0. The van der Waals surface area contributed by atoms with Gasteiger partial charge < -0.3 is 0 Å². The van der Waals surface area contributed by atoms with Gasteiger partial charge >= 0.3 is 0 Å². The number of hydrogen-bond donors (Lipinski definition) is 1. The number of rotatable bonds is 3. The Bertz CT molecular complexity index is 768. The van der Waals surface area contributed by atoms with Crippen LogP contribution >= 0.6 is 11.6 Å². The fraction of sp³-hybridized carbons (Fsp3) is 0. The molecule has 3 aromatic rings. The van der Waals surface area contributed by atoms with Crippen LogP contribution in [0.4, 0.5) is 5.82 Å². The maximum atomic E-state index is 5.91. The lowest BCUT2D eigenvalue weighted by molar-refractivity contribution is 1.26. The van der Waals surface area contributed by atoms with E-state index in [-0.39, 0.29) is 0 Å². The summed E-state index contributed by atoms with van der Waals surface area (Å²) in [6.07, 6.45) is 1.71. The Kier molecular flexibility index (Phi) is 3.61. The van der Waals surface area contributed by atoms with E-state index in [1.54, 1.807) is 6.21 Å². The zero-order valence-corrected chi connectivity index (χ0v) is 11.4. The molecule has 0 fully saturated rings. The molecule has 1 aromatic heterocycles. The highest BCUT2D eigenvalue weighted by Crippen LogP contribution is 2.14. The minimum absolute atomic E-state index is 0.692. The van der Waals surface area contributed by atoms with Gasteiger partial charge in [0.1, 0.15) is 5.82 Å². The molecule has 3 rings (SSSR count). The zero-order chi connectivity index (χ0) is 13.8. The van der Waals surface area contributed by atoms with Gasteiger partial charge in [-0.2, -0.15) is 5.10 Å². The van der Waals surface area contributed by atoms with Crippen molar-refractivity contribution in [1.82, 2.24) is 4.98 Å². The second-order valence-electron chi connectivity index (χ2n) is 4.31. The van der Waals surface area contributed by atoms with E-state index in [1.807, 2.05) is 60.7 Å². The minimum Gasteiger partial charge on any atom is -0.261 e. The highest BCUT2D eigenvalue weighted by Gasteiger charge is 1.96. The Labute approximate surface area is 121 Å². The van der Waals surface area contributed by atoms with Crippen LogP contribution in [0.3, 0.4) is 0 Å². The van der Waals surface area contributed by atoms with Gasteiger partial charge in [0.15, 0.2) is 0 Å². The highest BCUT2D eigenvalue weighted by molar-refractivity contribution is 6.30. The number of para-hydroxylation sites is 1. The fourth-order valence-electron chi connectivity index (χ4n) is 1.89. The molecule has 2 aromatic carbocycles. The van der Waals surface area contributed by atoms with Gasteiger partial charge in [0, 0.05) is 10.4 Å². The second kappa shape index (κ2) is 5.72. The van der Waals surface area contributed by atoms with Gasteiger partial charge in [-0.05, 0) is 35.9 Å². The van der Waals surface area contributed by atoms with Crippen LogP contribution in [-0.2, 0) is 0 Å². The van der Waals surface area contributed by atoms with Gasteiger partial charge in [-0.15, -0.1) is 0 Å². The summed E-state index contributed by atoms with van der Waals surface area (Å²) in [5.74, 6) is 0.710. The van der Waals surface area contributed by atoms with E-state index in [4.69, 9.17) is 11.6 Å². The number of halogens is 1. The van der Waals surface area contributed by atoms with Crippen LogP contribution in [0.1, 0.15) is 5.56 Å². The first-order valence-corrected chi connectivity index (χ1v) is 6.59. The summed E-state index contributed by atoms with van der Waals surface area (Å²) in [4.78, 5) is 4.47. The van der Waals surface area contributed by atoms with E-state index in [2.05, 4.69) is 15.5 Å². The van der Waals surface area contributed by atoms with Crippen LogP contribution in [0.15, 0.2) is 65.8 Å². The first-order valence-electron chi connectivity index (χ1n) is 6.22. The molecule has 0 aliphatic heterocycles. The molecule has 0 aliphatic carbocycles. The Morgan fingerprint density at radius 2 is 1.90 bits per heavy atom. The molecule has 0 amide bonds. The molecule has 0 saturated heterocycles. The molecule has 1 heterocycles. The smallest absolute Gasteiger partial charge is 0.146 e. The molecule has 3 nitrogen and oxygen atoms in total. The Balaban J connectivity index is 1.76. The Morgan fingerprint density at radius 1 is 1.00 bits per heavy atom. The van der Waals surface area contributed by atoms with Gasteiger partial charge in [-0.1, -0.05) is 41.9 Å². The van der Waals surface area contributed by atoms with Crippen LogP contribution < -0.4 is 5.43 Å². The number of nitrogens with one attached hydrogen (secondary N) is 1. The van der Waals surface area contributed by atoms with Crippen molar-refractivity contribution >= 4 is 34.5 Å². The maximum Gasteiger partial charge on any atom is 0.146 e.